The molecular formula is C14H12Fe2O18S3. The SMILES string of the molecule is O=C(OO)c1ccccc1.O=C(OO)c1ccccc1.O=S(=O)([O-])[O-].O=S(=O)([O-])[O-].O=S(=O)([O-])[O-].[Fe+3].[Fe+3]. The quantitative estimate of drug-likeness (QED) is 0.122. The Bertz CT molecular complexity index is 1040. The normalized spacial score (nSPS) is 9.51. The van der Waals surface area contributed by atoms with Gasteiger partial charge in [-0.1, -0.05) is 36.4 Å². The molecule has 2 aromatic rings. The first-order chi connectivity index (χ1) is 15.7. The molecule has 2 aromatic carbocycles. The van der Waals surface area contributed by atoms with Crippen molar-refractivity contribution >= 4 is 43.1 Å². The van der Waals surface area contributed by atoms with Crippen LogP contribution in [0, 0.1) is 0 Å². The fourth-order valence-corrected chi connectivity index (χ4v) is 1.25. The van der Waals surface area contributed by atoms with E-state index in [-0.39, 0.29) is 34.1 Å². The average molecular weight is 676 g/mol. The standard InChI is InChI=1S/2C7H6O3.2Fe.3H2O4S/c2*8-7(10-9)6-4-2-1-3-5-6;;;3*1-5(2,3)4/h2*1-5,9H;;;3*(H2,1,2,3,4)/q;;2*+3;;;/p-6. The van der Waals surface area contributed by atoms with Crippen molar-refractivity contribution in [2.24, 2.45) is 0 Å². The Morgan fingerprint density at radius 1 is 0.514 bits per heavy atom. The molecule has 0 bridgehead atoms. The van der Waals surface area contributed by atoms with Gasteiger partial charge in [0.05, 0.1) is 11.1 Å². The molecule has 2 radical (unpaired) electrons. The van der Waals surface area contributed by atoms with E-state index >= 15 is 0 Å². The van der Waals surface area contributed by atoms with E-state index in [1.165, 1.54) is 0 Å². The van der Waals surface area contributed by atoms with E-state index in [0.29, 0.717) is 11.1 Å². The molecule has 0 aliphatic heterocycles. The molecule has 0 aliphatic carbocycles. The smallest absolute Gasteiger partial charge is 0.759 e. The first-order valence-electron chi connectivity index (χ1n) is 7.50. The predicted octanol–water partition coefficient (Wildman–Crippen LogP) is -1.39. The molecule has 0 fully saturated rings. The number of benzene rings is 2. The van der Waals surface area contributed by atoms with Crippen LogP contribution in [0.3, 0.4) is 0 Å². The number of rotatable bonds is 2. The fraction of sp³-hybridized carbons (Fsp3) is 0. The molecular weight excluding hydrogens is 664 g/mol. The number of hydrogen-bond donors (Lipinski definition) is 2. The number of carbonyl (C=O) groups excluding carboxylic acids is 2. The van der Waals surface area contributed by atoms with E-state index in [1.54, 1.807) is 60.7 Å². The maximum absolute atomic E-state index is 10.5. The van der Waals surface area contributed by atoms with Gasteiger partial charge in [-0.25, -0.2) is 9.59 Å². The van der Waals surface area contributed by atoms with Crippen LogP contribution in [0.25, 0.3) is 0 Å². The first kappa shape index (κ1) is 44.9. The summed E-state index contributed by atoms with van der Waals surface area (Å²) in [6.45, 7) is 0. The van der Waals surface area contributed by atoms with Crippen LogP contribution in [0.2, 0.25) is 0 Å². The Labute approximate surface area is 230 Å². The molecule has 0 spiro atoms. The maximum Gasteiger partial charge on any atom is 3.00 e. The number of carbonyl (C=O) groups is 2. The molecule has 0 saturated heterocycles. The second-order valence-electron chi connectivity index (χ2n) is 4.71. The van der Waals surface area contributed by atoms with Crippen molar-refractivity contribution in [2.45, 2.75) is 0 Å². The van der Waals surface area contributed by atoms with E-state index in [2.05, 4.69) is 9.78 Å². The van der Waals surface area contributed by atoms with Crippen molar-refractivity contribution in [3.63, 3.8) is 0 Å². The molecule has 18 nitrogen and oxygen atoms in total. The zero-order valence-corrected chi connectivity index (χ0v) is 21.8. The molecule has 2 rings (SSSR count). The van der Waals surface area contributed by atoms with Crippen molar-refractivity contribution < 1.29 is 117 Å². The van der Waals surface area contributed by atoms with E-state index in [1.807, 2.05) is 0 Å². The van der Waals surface area contributed by atoms with Gasteiger partial charge in [-0.05, 0) is 24.3 Å². The van der Waals surface area contributed by atoms with Crippen molar-refractivity contribution in [1.29, 1.82) is 0 Å². The van der Waals surface area contributed by atoms with Gasteiger partial charge >= 0.3 is 46.1 Å². The van der Waals surface area contributed by atoms with Gasteiger partial charge in [-0.3, -0.25) is 35.0 Å². The van der Waals surface area contributed by atoms with Crippen LogP contribution < -0.4 is 0 Å². The van der Waals surface area contributed by atoms with Gasteiger partial charge < -0.3 is 27.3 Å². The van der Waals surface area contributed by atoms with Gasteiger partial charge in [-0.2, -0.15) is 10.5 Å². The molecule has 0 unspecified atom stereocenters. The van der Waals surface area contributed by atoms with E-state index in [9.17, 15) is 9.59 Å². The van der Waals surface area contributed by atoms with E-state index < -0.39 is 43.1 Å². The van der Waals surface area contributed by atoms with Crippen LogP contribution >= 0.6 is 0 Å². The van der Waals surface area contributed by atoms with Crippen molar-refractivity contribution in [1.82, 2.24) is 0 Å². The molecule has 210 valence electrons. The van der Waals surface area contributed by atoms with Gasteiger partial charge in [0.1, 0.15) is 0 Å². The Morgan fingerprint density at radius 3 is 0.811 bits per heavy atom. The molecule has 37 heavy (non-hydrogen) atoms. The monoisotopic (exact) mass is 676 g/mol. The van der Waals surface area contributed by atoms with E-state index in [0.717, 1.165) is 0 Å². The van der Waals surface area contributed by atoms with Crippen LogP contribution in [0.1, 0.15) is 20.7 Å². The molecule has 23 heteroatoms. The zero-order valence-electron chi connectivity index (χ0n) is 17.1. The van der Waals surface area contributed by atoms with Crippen LogP contribution in [-0.2, 0) is 75.1 Å². The third-order valence-corrected chi connectivity index (χ3v) is 2.18. The predicted molar refractivity (Wildman–Crippen MR) is 100 cm³/mol. The Balaban J connectivity index is -0.000000119. The summed E-state index contributed by atoms with van der Waals surface area (Å²) in [5.74, 6) is -1.47. The third kappa shape index (κ3) is 51.5. The summed E-state index contributed by atoms with van der Waals surface area (Å²) in [6, 6.07) is 16.5. The summed E-state index contributed by atoms with van der Waals surface area (Å²) in [5.41, 5.74) is 0.676. The minimum Gasteiger partial charge on any atom is -0.759 e. The molecule has 0 aromatic heterocycles. The van der Waals surface area contributed by atoms with Gasteiger partial charge in [0, 0.05) is 31.2 Å². The summed E-state index contributed by atoms with van der Waals surface area (Å²) in [5, 5.41) is 15.9. The summed E-state index contributed by atoms with van der Waals surface area (Å²) < 4.78 is 102. The van der Waals surface area contributed by atoms with Crippen molar-refractivity contribution in [3.8, 4) is 0 Å². The maximum atomic E-state index is 10.5. The minimum atomic E-state index is -5.17. The van der Waals surface area contributed by atoms with Gasteiger partial charge in [-0.15, -0.1) is 0 Å². The summed E-state index contributed by atoms with van der Waals surface area (Å²) in [4.78, 5) is 28.1. The van der Waals surface area contributed by atoms with Gasteiger partial charge in [0.15, 0.2) is 0 Å². The third-order valence-electron chi connectivity index (χ3n) is 2.18. The van der Waals surface area contributed by atoms with Crippen molar-refractivity contribution in [2.75, 3.05) is 0 Å². The second-order valence-corrected chi connectivity index (χ2v) is 7.16. The molecule has 0 amide bonds. The second kappa shape index (κ2) is 23.1. The summed E-state index contributed by atoms with van der Waals surface area (Å²) in [6.07, 6.45) is 0. The Kier molecular flexibility index (Phi) is 28.0. The average Bonchev–Trinajstić information content (AvgIpc) is 2.71. The zero-order chi connectivity index (χ0) is 28.3. The minimum absolute atomic E-state index is 0. The molecule has 0 saturated carbocycles. The fourth-order valence-electron chi connectivity index (χ4n) is 1.25. The number of hydrogen-bond acceptors (Lipinski definition) is 18. The summed E-state index contributed by atoms with van der Waals surface area (Å²) in [7, 11) is -15.5. The topological polar surface area (TPSA) is 334 Å². The molecule has 0 atom stereocenters. The van der Waals surface area contributed by atoms with Crippen LogP contribution in [0.5, 0.6) is 0 Å². The Hall–Kier alpha value is -2.05. The molecule has 0 aliphatic rings. The van der Waals surface area contributed by atoms with Crippen molar-refractivity contribution in [3.05, 3.63) is 71.8 Å². The largest absolute Gasteiger partial charge is 3.00 e. The van der Waals surface area contributed by atoms with Gasteiger partial charge in [0.25, 0.3) is 0 Å². The first-order valence-corrected chi connectivity index (χ1v) is 11.5. The van der Waals surface area contributed by atoms with E-state index in [4.69, 9.17) is 63.1 Å². The van der Waals surface area contributed by atoms with Crippen LogP contribution in [0.15, 0.2) is 60.7 Å². The Morgan fingerprint density at radius 2 is 0.676 bits per heavy atom. The summed E-state index contributed by atoms with van der Waals surface area (Å²) >= 11 is 0. The van der Waals surface area contributed by atoms with Crippen LogP contribution in [0.4, 0.5) is 0 Å². The molecule has 0 heterocycles. The molecule has 2 N–H and O–H groups in total. The van der Waals surface area contributed by atoms with Crippen LogP contribution in [-0.4, -0.2) is 75.0 Å². The van der Waals surface area contributed by atoms with Gasteiger partial charge in [0.2, 0.25) is 0 Å².